The van der Waals surface area contributed by atoms with Gasteiger partial charge in [0.1, 0.15) is 28.8 Å². The van der Waals surface area contributed by atoms with Crippen molar-refractivity contribution in [1.82, 2.24) is 0 Å². The number of nitriles is 2. The molecule has 0 unspecified atom stereocenters. The summed E-state index contributed by atoms with van der Waals surface area (Å²) < 4.78 is 12.1. The Hall–Kier alpha value is -3.74. The second-order valence-corrected chi connectivity index (χ2v) is 11.8. The predicted octanol–water partition coefficient (Wildman–Crippen LogP) is 9.16. The van der Waals surface area contributed by atoms with Crippen LogP contribution in [-0.4, -0.2) is 24.8 Å². The summed E-state index contributed by atoms with van der Waals surface area (Å²) in [6.45, 7) is 14.5. The summed E-state index contributed by atoms with van der Waals surface area (Å²) in [6, 6.07) is 14.9. The van der Waals surface area contributed by atoms with Crippen LogP contribution in [0.1, 0.15) is 82.5 Å². The number of anilines is 1. The molecule has 0 amide bonds. The molecule has 2 aromatic rings. The quantitative estimate of drug-likeness (QED) is 0.230. The van der Waals surface area contributed by atoms with Crippen molar-refractivity contribution < 1.29 is 9.47 Å². The van der Waals surface area contributed by atoms with Crippen LogP contribution < -0.4 is 9.64 Å². The number of thiophene rings is 1. The minimum atomic E-state index is -0.675. The van der Waals surface area contributed by atoms with Gasteiger partial charge in [0.2, 0.25) is 0 Å². The fraction of sp³-hybridized carbons (Fsp3) is 0.412. The second-order valence-electron chi connectivity index (χ2n) is 10.6. The van der Waals surface area contributed by atoms with Gasteiger partial charge in [-0.1, -0.05) is 32.8 Å². The Labute approximate surface area is 244 Å². The fourth-order valence-corrected chi connectivity index (χ4v) is 5.36. The Balaban J connectivity index is 1.83. The summed E-state index contributed by atoms with van der Waals surface area (Å²) in [5.41, 5.74) is 2.77. The van der Waals surface area contributed by atoms with E-state index in [-0.39, 0.29) is 6.10 Å². The topological polar surface area (TPSA) is 69.3 Å². The molecule has 0 atom stereocenters. The van der Waals surface area contributed by atoms with Crippen molar-refractivity contribution in [1.29, 1.82) is 10.5 Å². The Kier molecular flexibility index (Phi) is 11.2. The third-order valence-electron chi connectivity index (χ3n) is 6.61. The minimum absolute atomic E-state index is 0.0838. The van der Waals surface area contributed by atoms with Gasteiger partial charge >= 0.3 is 0 Å². The molecule has 1 aromatic carbocycles. The first-order valence-electron chi connectivity index (χ1n) is 14.2. The van der Waals surface area contributed by atoms with E-state index >= 15 is 0 Å². The summed E-state index contributed by atoms with van der Waals surface area (Å²) in [5.74, 6) is 1.23. The number of unbranched alkanes of at least 4 members (excludes halogenated alkanes) is 2. The zero-order valence-corrected chi connectivity index (χ0v) is 25.5. The lowest BCUT2D eigenvalue weighted by Gasteiger charge is -2.26. The Bertz CT molecular complexity index is 1350. The maximum absolute atomic E-state index is 9.65. The molecule has 210 valence electrons. The number of rotatable bonds is 13. The van der Waals surface area contributed by atoms with Crippen LogP contribution in [0.15, 0.2) is 59.4 Å². The van der Waals surface area contributed by atoms with E-state index in [1.54, 1.807) is 11.3 Å². The highest BCUT2D eigenvalue weighted by Gasteiger charge is 2.36. The molecule has 5 nitrogen and oxygen atoms in total. The molecule has 3 rings (SSSR count). The van der Waals surface area contributed by atoms with Gasteiger partial charge in [-0.3, -0.25) is 0 Å². The molecular formula is C34H41N3O2S. The van der Waals surface area contributed by atoms with Crippen LogP contribution in [0, 0.1) is 22.7 Å². The monoisotopic (exact) mass is 555 g/mol. The van der Waals surface area contributed by atoms with Crippen molar-refractivity contribution in [2.45, 2.75) is 78.9 Å². The second kappa shape index (κ2) is 14.6. The average molecular weight is 556 g/mol. The highest BCUT2D eigenvalue weighted by molar-refractivity contribution is 7.13. The van der Waals surface area contributed by atoms with E-state index in [0.717, 1.165) is 39.7 Å². The number of ether oxygens (including phenoxy) is 2. The van der Waals surface area contributed by atoms with E-state index in [4.69, 9.17) is 14.7 Å². The molecule has 6 heteroatoms. The normalized spacial score (nSPS) is 15.7. The van der Waals surface area contributed by atoms with Gasteiger partial charge in [-0.2, -0.15) is 10.5 Å². The van der Waals surface area contributed by atoms with Crippen LogP contribution in [-0.2, 0) is 4.74 Å². The molecule has 0 fully saturated rings. The summed E-state index contributed by atoms with van der Waals surface area (Å²) in [5, 5.41) is 18.7. The van der Waals surface area contributed by atoms with Crippen molar-refractivity contribution in [2.75, 3.05) is 18.0 Å². The molecule has 1 aromatic heterocycles. The number of benzene rings is 1. The first-order chi connectivity index (χ1) is 19.2. The predicted molar refractivity (Wildman–Crippen MR) is 168 cm³/mol. The Morgan fingerprint density at radius 3 is 2.20 bits per heavy atom. The Morgan fingerprint density at radius 1 is 0.975 bits per heavy atom. The van der Waals surface area contributed by atoms with Gasteiger partial charge in [0, 0.05) is 45.7 Å². The van der Waals surface area contributed by atoms with Crippen LogP contribution in [0.3, 0.4) is 0 Å². The molecule has 0 bridgehead atoms. The number of allylic oxidation sites excluding steroid dienone is 2. The smallest absolute Gasteiger partial charge is 0.149 e. The minimum Gasteiger partial charge on any atom is -0.490 e. The summed E-state index contributed by atoms with van der Waals surface area (Å²) >= 11 is 1.67. The number of nitrogens with zero attached hydrogens (tertiary/aromatic N) is 3. The fourth-order valence-electron chi connectivity index (χ4n) is 4.54. The SMILES string of the molecule is CCCCN(CCCC)c1ccc(/C=C\c2ccc(/C=C/C3=C(C#N)C(=C\C#N)/OC3(C)C)s2)c(OC(C)C)c1. The molecule has 1 aliphatic rings. The molecule has 0 spiro atoms. The first kappa shape index (κ1) is 30.8. The molecule has 0 saturated heterocycles. The molecule has 40 heavy (non-hydrogen) atoms. The summed E-state index contributed by atoms with van der Waals surface area (Å²) in [4.78, 5) is 4.66. The number of hydrogen-bond acceptors (Lipinski definition) is 6. The molecule has 0 aliphatic carbocycles. The molecular weight excluding hydrogens is 514 g/mol. The van der Waals surface area contributed by atoms with Crippen LogP contribution in [0.4, 0.5) is 5.69 Å². The van der Waals surface area contributed by atoms with Crippen molar-refractivity contribution in [3.63, 3.8) is 0 Å². The van der Waals surface area contributed by atoms with Crippen LogP contribution >= 0.6 is 11.3 Å². The van der Waals surface area contributed by atoms with E-state index in [0.29, 0.717) is 11.3 Å². The highest BCUT2D eigenvalue weighted by atomic mass is 32.1. The molecule has 1 aliphatic heterocycles. The molecule has 0 radical (unpaired) electrons. The van der Waals surface area contributed by atoms with Gasteiger partial charge in [0.25, 0.3) is 0 Å². The average Bonchev–Trinajstić information content (AvgIpc) is 3.47. The highest BCUT2D eigenvalue weighted by Crippen LogP contribution is 2.39. The summed E-state index contributed by atoms with van der Waals surface area (Å²) in [6.07, 6.45) is 14.2. The zero-order valence-electron chi connectivity index (χ0n) is 24.7. The lowest BCUT2D eigenvalue weighted by Crippen LogP contribution is -2.25. The van der Waals surface area contributed by atoms with Crippen molar-refractivity contribution in [3.8, 4) is 17.9 Å². The summed E-state index contributed by atoms with van der Waals surface area (Å²) in [7, 11) is 0. The maximum Gasteiger partial charge on any atom is 0.149 e. The van der Waals surface area contributed by atoms with Gasteiger partial charge in [-0.15, -0.1) is 11.3 Å². The lowest BCUT2D eigenvalue weighted by atomic mass is 9.95. The largest absolute Gasteiger partial charge is 0.490 e. The van der Waals surface area contributed by atoms with E-state index in [9.17, 15) is 5.26 Å². The van der Waals surface area contributed by atoms with E-state index in [1.807, 2.05) is 32.1 Å². The molecule has 2 heterocycles. The van der Waals surface area contributed by atoms with Crippen LogP contribution in [0.2, 0.25) is 0 Å². The van der Waals surface area contributed by atoms with Crippen molar-refractivity contribution in [3.05, 3.63) is 74.7 Å². The van der Waals surface area contributed by atoms with Gasteiger partial charge < -0.3 is 14.4 Å². The first-order valence-corrected chi connectivity index (χ1v) is 15.0. The van der Waals surface area contributed by atoms with Crippen molar-refractivity contribution in [2.24, 2.45) is 0 Å². The van der Waals surface area contributed by atoms with E-state index in [2.05, 4.69) is 81.1 Å². The molecule has 0 saturated carbocycles. The van der Waals surface area contributed by atoms with E-state index in [1.165, 1.54) is 37.4 Å². The van der Waals surface area contributed by atoms with Gasteiger partial charge in [0.05, 0.1) is 18.2 Å². The van der Waals surface area contributed by atoms with Crippen molar-refractivity contribution >= 4 is 35.3 Å². The van der Waals surface area contributed by atoms with Gasteiger partial charge in [0.15, 0.2) is 0 Å². The van der Waals surface area contributed by atoms with Crippen LogP contribution in [0.25, 0.3) is 18.2 Å². The maximum atomic E-state index is 9.65. The third kappa shape index (κ3) is 8.13. The van der Waals surface area contributed by atoms with Gasteiger partial charge in [-0.25, -0.2) is 0 Å². The standard InChI is InChI=1S/C34H41N3O2S/c1-7-9-21-37(22-10-8-2)27-13-11-26(33(23-27)38-25(3)4)12-14-28-15-16-29(40-28)17-18-31-30(24-36)32(19-20-35)39-34(31,5)6/h11-19,23,25H,7-10,21-22H2,1-6H3/b14-12-,18-17+,32-19+. The number of hydrogen-bond donors (Lipinski definition) is 0. The lowest BCUT2D eigenvalue weighted by molar-refractivity contribution is 0.0964. The molecule has 0 N–H and O–H groups in total. The third-order valence-corrected chi connectivity index (χ3v) is 7.63. The van der Waals surface area contributed by atoms with E-state index < -0.39 is 5.60 Å². The zero-order chi connectivity index (χ0) is 29.1. The van der Waals surface area contributed by atoms with Gasteiger partial charge in [-0.05, 0) is 83.0 Å². The van der Waals surface area contributed by atoms with Crippen LogP contribution in [0.5, 0.6) is 5.75 Å². The Morgan fingerprint density at radius 2 is 1.62 bits per heavy atom.